The van der Waals surface area contributed by atoms with Gasteiger partial charge in [0, 0.05) is 17.2 Å². The smallest absolute Gasteiger partial charge is 0.339 e. The number of hydrogen-bond donors (Lipinski definition) is 1. The maximum absolute atomic E-state index is 13.8. The van der Waals surface area contributed by atoms with E-state index in [4.69, 9.17) is 11.6 Å². The first-order valence-corrected chi connectivity index (χ1v) is 10.4. The van der Waals surface area contributed by atoms with E-state index in [2.05, 4.69) is 0 Å². The van der Waals surface area contributed by atoms with Gasteiger partial charge in [-0.25, -0.2) is 14.6 Å². The SMILES string of the molecule is C[C@@H](CO)[C@H]1CCC[C@]12C(=O)N(c1ccc(Cl)cc1)C(=O)N2C(=O)c1ccccc1. The van der Waals surface area contributed by atoms with Crippen LogP contribution in [0.3, 0.4) is 0 Å². The van der Waals surface area contributed by atoms with Crippen LogP contribution in [-0.2, 0) is 4.79 Å². The Balaban J connectivity index is 1.86. The second-order valence-electron chi connectivity index (χ2n) is 7.99. The van der Waals surface area contributed by atoms with Crippen molar-refractivity contribution in [1.82, 2.24) is 4.90 Å². The average Bonchev–Trinajstić information content (AvgIpc) is 3.29. The zero-order chi connectivity index (χ0) is 21.5. The predicted molar refractivity (Wildman–Crippen MR) is 113 cm³/mol. The Labute approximate surface area is 180 Å². The number of carbonyl (C=O) groups excluding carboxylic acids is 3. The van der Waals surface area contributed by atoms with E-state index < -0.39 is 23.4 Å². The van der Waals surface area contributed by atoms with Crippen LogP contribution in [0.5, 0.6) is 0 Å². The van der Waals surface area contributed by atoms with Crippen LogP contribution in [0.15, 0.2) is 54.6 Å². The van der Waals surface area contributed by atoms with Crippen LogP contribution >= 0.6 is 11.6 Å². The summed E-state index contributed by atoms with van der Waals surface area (Å²) in [5, 5.41) is 10.3. The van der Waals surface area contributed by atoms with Crippen LogP contribution in [0.4, 0.5) is 10.5 Å². The van der Waals surface area contributed by atoms with Gasteiger partial charge in [-0.05, 0) is 61.1 Å². The first kappa shape index (κ1) is 20.6. The number of anilines is 1. The minimum atomic E-state index is -1.30. The number of hydrogen-bond acceptors (Lipinski definition) is 4. The second kappa shape index (κ2) is 7.85. The van der Waals surface area contributed by atoms with Gasteiger partial charge >= 0.3 is 6.03 Å². The van der Waals surface area contributed by atoms with E-state index in [0.29, 0.717) is 35.5 Å². The van der Waals surface area contributed by atoms with Gasteiger partial charge in [-0.3, -0.25) is 9.59 Å². The lowest BCUT2D eigenvalue weighted by molar-refractivity contribution is -0.127. The summed E-state index contributed by atoms with van der Waals surface area (Å²) < 4.78 is 0. The fourth-order valence-corrected chi connectivity index (χ4v) is 5.01. The van der Waals surface area contributed by atoms with Gasteiger partial charge in [-0.1, -0.05) is 43.1 Å². The number of aliphatic hydroxyl groups excluding tert-OH is 1. The maximum atomic E-state index is 13.8. The summed E-state index contributed by atoms with van der Waals surface area (Å²) in [6.07, 6.45) is 1.74. The molecular weight excluding hydrogens is 404 g/mol. The lowest BCUT2D eigenvalue weighted by atomic mass is 9.77. The standard InChI is InChI=1S/C23H23ClN2O4/c1-15(14-27)19-8-5-13-23(19)21(29)25(18-11-9-17(24)10-12-18)22(30)26(23)20(28)16-6-3-2-4-7-16/h2-4,6-7,9-12,15,19,27H,5,8,13-14H2,1H3/t15-,19+,23+/m0/s1. The lowest BCUT2D eigenvalue weighted by Gasteiger charge is -2.37. The topological polar surface area (TPSA) is 77.9 Å². The molecular formula is C23H23ClN2O4. The zero-order valence-corrected chi connectivity index (χ0v) is 17.4. The van der Waals surface area contributed by atoms with Crippen molar-refractivity contribution in [3.05, 3.63) is 65.2 Å². The van der Waals surface area contributed by atoms with Crippen molar-refractivity contribution in [3.63, 3.8) is 0 Å². The molecule has 7 heteroatoms. The van der Waals surface area contributed by atoms with E-state index in [0.717, 1.165) is 9.80 Å². The van der Waals surface area contributed by atoms with E-state index in [-0.39, 0.29) is 18.4 Å². The van der Waals surface area contributed by atoms with Crippen LogP contribution in [0, 0.1) is 11.8 Å². The molecule has 1 aliphatic heterocycles. The number of benzene rings is 2. The molecule has 2 fully saturated rings. The molecule has 2 aliphatic rings. The van der Waals surface area contributed by atoms with Gasteiger partial charge in [0.05, 0.1) is 5.69 Å². The van der Waals surface area contributed by atoms with E-state index in [1.807, 2.05) is 6.92 Å². The third-order valence-corrected chi connectivity index (χ3v) is 6.58. The molecule has 30 heavy (non-hydrogen) atoms. The molecule has 2 aromatic carbocycles. The summed E-state index contributed by atoms with van der Waals surface area (Å²) in [5.41, 5.74) is -0.580. The highest BCUT2D eigenvalue weighted by Crippen LogP contribution is 2.50. The largest absolute Gasteiger partial charge is 0.396 e. The minimum Gasteiger partial charge on any atom is -0.396 e. The molecule has 156 valence electrons. The molecule has 4 rings (SSSR count). The number of halogens is 1. The molecule has 3 atom stereocenters. The summed E-state index contributed by atoms with van der Waals surface area (Å²) in [7, 11) is 0. The molecule has 1 saturated heterocycles. The average molecular weight is 427 g/mol. The van der Waals surface area contributed by atoms with Gasteiger partial charge in [-0.15, -0.1) is 0 Å². The van der Waals surface area contributed by atoms with Gasteiger partial charge in [0.25, 0.3) is 11.8 Å². The minimum absolute atomic E-state index is 0.123. The van der Waals surface area contributed by atoms with Crippen molar-refractivity contribution >= 4 is 35.1 Å². The van der Waals surface area contributed by atoms with Crippen LogP contribution < -0.4 is 4.90 Å². The molecule has 6 nitrogen and oxygen atoms in total. The first-order chi connectivity index (χ1) is 14.4. The van der Waals surface area contributed by atoms with Gasteiger partial charge in [0.2, 0.25) is 0 Å². The van der Waals surface area contributed by atoms with Crippen LogP contribution in [-0.4, -0.2) is 40.0 Å². The summed E-state index contributed by atoms with van der Waals surface area (Å²) in [5.74, 6) is -1.46. The molecule has 2 aromatic rings. The number of imide groups is 2. The summed E-state index contributed by atoms with van der Waals surface area (Å²) >= 11 is 5.97. The van der Waals surface area contributed by atoms with Gasteiger partial charge in [0.1, 0.15) is 5.54 Å². The fraction of sp³-hybridized carbons (Fsp3) is 0.348. The molecule has 1 aliphatic carbocycles. The molecule has 1 spiro atoms. The Bertz CT molecular complexity index is 978. The molecule has 0 bridgehead atoms. The monoisotopic (exact) mass is 426 g/mol. The normalized spacial score (nSPS) is 24.7. The number of rotatable bonds is 4. The lowest BCUT2D eigenvalue weighted by Crippen LogP contribution is -2.56. The highest BCUT2D eigenvalue weighted by atomic mass is 35.5. The van der Waals surface area contributed by atoms with Crippen molar-refractivity contribution in [2.75, 3.05) is 11.5 Å². The van der Waals surface area contributed by atoms with Crippen molar-refractivity contribution in [3.8, 4) is 0 Å². The van der Waals surface area contributed by atoms with Crippen molar-refractivity contribution in [2.45, 2.75) is 31.7 Å². The highest BCUT2D eigenvalue weighted by molar-refractivity contribution is 6.31. The number of aliphatic hydroxyl groups is 1. The zero-order valence-electron chi connectivity index (χ0n) is 16.6. The van der Waals surface area contributed by atoms with E-state index in [1.54, 1.807) is 54.6 Å². The van der Waals surface area contributed by atoms with Crippen molar-refractivity contribution in [2.24, 2.45) is 11.8 Å². The Morgan fingerprint density at radius 2 is 1.83 bits per heavy atom. The molecule has 0 radical (unpaired) electrons. The Kier molecular flexibility index (Phi) is 5.38. The van der Waals surface area contributed by atoms with Crippen LogP contribution in [0.1, 0.15) is 36.5 Å². The number of amides is 4. The first-order valence-electron chi connectivity index (χ1n) is 10.1. The van der Waals surface area contributed by atoms with E-state index >= 15 is 0 Å². The molecule has 1 N–H and O–H groups in total. The van der Waals surface area contributed by atoms with Crippen LogP contribution in [0.25, 0.3) is 0 Å². The molecule has 1 heterocycles. The summed E-state index contributed by atoms with van der Waals surface area (Å²) in [6.45, 7) is 1.73. The van der Waals surface area contributed by atoms with Crippen molar-refractivity contribution < 1.29 is 19.5 Å². The highest BCUT2D eigenvalue weighted by Gasteiger charge is 2.66. The van der Waals surface area contributed by atoms with Crippen LogP contribution in [0.2, 0.25) is 5.02 Å². The second-order valence-corrected chi connectivity index (χ2v) is 8.43. The molecule has 0 unspecified atom stereocenters. The van der Waals surface area contributed by atoms with Gasteiger partial charge in [-0.2, -0.15) is 0 Å². The third kappa shape index (κ3) is 3.02. The quantitative estimate of drug-likeness (QED) is 0.746. The van der Waals surface area contributed by atoms with E-state index in [9.17, 15) is 19.5 Å². The third-order valence-electron chi connectivity index (χ3n) is 6.33. The number of carbonyl (C=O) groups is 3. The van der Waals surface area contributed by atoms with Crippen molar-refractivity contribution in [1.29, 1.82) is 0 Å². The Morgan fingerprint density at radius 1 is 1.17 bits per heavy atom. The number of nitrogens with zero attached hydrogens (tertiary/aromatic N) is 2. The predicted octanol–water partition coefficient (Wildman–Crippen LogP) is 4.12. The summed E-state index contributed by atoms with van der Waals surface area (Å²) in [6, 6.07) is 14.3. The molecule has 4 amide bonds. The van der Waals surface area contributed by atoms with E-state index in [1.165, 1.54) is 0 Å². The summed E-state index contributed by atoms with van der Waals surface area (Å²) in [4.78, 5) is 43.1. The number of urea groups is 1. The Hall–Kier alpha value is -2.70. The Morgan fingerprint density at radius 3 is 2.47 bits per heavy atom. The van der Waals surface area contributed by atoms with Gasteiger partial charge < -0.3 is 5.11 Å². The fourth-order valence-electron chi connectivity index (χ4n) is 4.88. The molecule has 0 aromatic heterocycles. The molecule has 1 saturated carbocycles. The van der Waals surface area contributed by atoms with Gasteiger partial charge in [0.15, 0.2) is 0 Å². The maximum Gasteiger partial charge on any atom is 0.339 e.